The van der Waals surface area contributed by atoms with Gasteiger partial charge in [0, 0.05) is 17.7 Å². The van der Waals surface area contributed by atoms with E-state index in [2.05, 4.69) is 9.97 Å². The number of rotatable bonds is 1. The molecule has 3 rings (SSSR count). The maximum Gasteiger partial charge on any atom is 0.135 e. The molecule has 1 aromatic heterocycles. The van der Waals surface area contributed by atoms with Gasteiger partial charge in [-0.1, -0.05) is 12.2 Å². The smallest absolute Gasteiger partial charge is 0.135 e. The summed E-state index contributed by atoms with van der Waals surface area (Å²) in [6, 6.07) is 0. The number of aromatic nitrogens is 2. The van der Waals surface area contributed by atoms with Crippen molar-refractivity contribution >= 4 is 24.0 Å². The van der Waals surface area contributed by atoms with Crippen LogP contribution in [-0.4, -0.2) is 22.3 Å². The van der Waals surface area contributed by atoms with E-state index < -0.39 is 0 Å². The molecule has 1 N–H and O–H groups in total. The zero-order valence-corrected chi connectivity index (χ0v) is 10.6. The number of thioether (sulfide) groups is 1. The molecule has 1 saturated heterocycles. The number of ether oxygens (including phenoxy) is 1. The average Bonchev–Trinajstić information content (AvgIpc) is 2.82. The van der Waals surface area contributed by atoms with Crippen molar-refractivity contribution in [3.63, 3.8) is 0 Å². The number of hydrogen-bond donors (Lipinski definition) is 1. The zero-order chi connectivity index (χ0) is 11.0. The fourth-order valence-corrected chi connectivity index (χ4v) is 3.72. The van der Waals surface area contributed by atoms with Crippen LogP contribution >= 0.6 is 24.0 Å². The Morgan fingerprint density at radius 1 is 1.50 bits per heavy atom. The van der Waals surface area contributed by atoms with Crippen LogP contribution in [0.2, 0.25) is 0 Å². The Labute approximate surface area is 104 Å². The Kier molecular flexibility index (Phi) is 3.00. The SMILES string of the molecule is S=c1nc(C2CCCS2)[nH]c2c1COCC2. The van der Waals surface area contributed by atoms with Crippen LogP contribution in [0.1, 0.15) is 35.2 Å². The van der Waals surface area contributed by atoms with Gasteiger partial charge in [0.2, 0.25) is 0 Å². The molecule has 5 heteroatoms. The van der Waals surface area contributed by atoms with Crippen molar-refractivity contribution in [1.82, 2.24) is 9.97 Å². The van der Waals surface area contributed by atoms with Crippen molar-refractivity contribution in [2.45, 2.75) is 31.1 Å². The maximum absolute atomic E-state index is 5.41. The molecule has 0 aromatic carbocycles. The summed E-state index contributed by atoms with van der Waals surface area (Å²) >= 11 is 7.32. The minimum atomic E-state index is 0.523. The molecule has 0 saturated carbocycles. The standard InChI is InChI=1S/C11H14N2OS2/c15-11-7-6-14-4-3-8(7)12-10(13-11)9-2-1-5-16-9/h9H,1-6H2,(H,12,13,15). The molecular weight excluding hydrogens is 240 g/mol. The molecule has 0 bridgehead atoms. The van der Waals surface area contributed by atoms with Crippen LogP contribution < -0.4 is 0 Å². The molecule has 2 aliphatic heterocycles. The monoisotopic (exact) mass is 254 g/mol. The normalized spacial score (nSPS) is 24.4. The molecule has 16 heavy (non-hydrogen) atoms. The summed E-state index contributed by atoms with van der Waals surface area (Å²) in [5.74, 6) is 2.32. The second kappa shape index (κ2) is 4.47. The first-order valence-corrected chi connectivity index (χ1v) is 7.11. The second-order valence-corrected chi connectivity index (χ2v) is 5.89. The van der Waals surface area contributed by atoms with E-state index in [1.165, 1.54) is 24.3 Å². The molecule has 3 nitrogen and oxygen atoms in total. The van der Waals surface area contributed by atoms with Crippen LogP contribution in [0.5, 0.6) is 0 Å². The third-order valence-corrected chi connectivity index (χ3v) is 4.82. The number of fused-ring (bicyclic) bond motifs is 1. The number of nitrogens with one attached hydrogen (secondary N) is 1. The number of nitrogens with zero attached hydrogens (tertiary/aromatic N) is 1. The summed E-state index contributed by atoms with van der Waals surface area (Å²) in [5, 5.41) is 0.523. The van der Waals surface area contributed by atoms with Gasteiger partial charge in [0.25, 0.3) is 0 Å². The van der Waals surface area contributed by atoms with Gasteiger partial charge in [0.15, 0.2) is 0 Å². The van der Waals surface area contributed by atoms with Gasteiger partial charge in [-0.25, -0.2) is 4.98 Å². The van der Waals surface area contributed by atoms with Crippen molar-refractivity contribution in [2.24, 2.45) is 0 Å². The van der Waals surface area contributed by atoms with E-state index in [-0.39, 0.29) is 0 Å². The molecule has 0 spiro atoms. The average molecular weight is 254 g/mol. The number of hydrogen-bond acceptors (Lipinski definition) is 4. The minimum Gasteiger partial charge on any atom is -0.376 e. The summed E-state index contributed by atoms with van der Waals surface area (Å²) in [7, 11) is 0. The van der Waals surface area contributed by atoms with E-state index in [4.69, 9.17) is 17.0 Å². The van der Waals surface area contributed by atoms with Gasteiger partial charge in [-0.15, -0.1) is 0 Å². The quantitative estimate of drug-likeness (QED) is 0.782. The molecule has 86 valence electrons. The molecule has 1 aromatic rings. The number of aromatic amines is 1. The highest BCUT2D eigenvalue weighted by Gasteiger charge is 2.22. The van der Waals surface area contributed by atoms with Crippen molar-refractivity contribution in [1.29, 1.82) is 0 Å². The highest BCUT2D eigenvalue weighted by molar-refractivity contribution is 7.99. The van der Waals surface area contributed by atoms with Gasteiger partial charge < -0.3 is 9.72 Å². The predicted octanol–water partition coefficient (Wildman–Crippen LogP) is 2.78. The van der Waals surface area contributed by atoms with Gasteiger partial charge in [-0.05, 0) is 18.6 Å². The van der Waals surface area contributed by atoms with Crippen LogP contribution in [0.4, 0.5) is 0 Å². The van der Waals surface area contributed by atoms with Gasteiger partial charge in [0.05, 0.1) is 18.5 Å². The molecule has 3 heterocycles. The molecule has 2 aliphatic rings. The van der Waals surface area contributed by atoms with Crippen molar-refractivity contribution in [2.75, 3.05) is 12.4 Å². The first-order chi connectivity index (χ1) is 7.84. The molecular formula is C11H14N2OS2. The fourth-order valence-electron chi connectivity index (χ4n) is 2.22. The Morgan fingerprint density at radius 3 is 3.25 bits per heavy atom. The van der Waals surface area contributed by atoms with E-state index >= 15 is 0 Å². The lowest BCUT2D eigenvalue weighted by Gasteiger charge is -2.18. The third kappa shape index (κ3) is 1.92. The highest BCUT2D eigenvalue weighted by atomic mass is 32.2. The predicted molar refractivity (Wildman–Crippen MR) is 67.2 cm³/mol. The van der Waals surface area contributed by atoms with Gasteiger partial charge in [-0.3, -0.25) is 0 Å². The molecule has 1 atom stereocenters. The molecule has 0 aliphatic carbocycles. The lowest BCUT2D eigenvalue weighted by molar-refractivity contribution is 0.108. The Hall–Kier alpha value is -0.390. The molecule has 1 fully saturated rings. The molecule has 1 unspecified atom stereocenters. The Balaban J connectivity index is 2.01. The van der Waals surface area contributed by atoms with Crippen LogP contribution in [0, 0.1) is 4.64 Å². The minimum absolute atomic E-state index is 0.523. The summed E-state index contributed by atoms with van der Waals surface area (Å²) < 4.78 is 6.14. The summed E-state index contributed by atoms with van der Waals surface area (Å²) in [6.07, 6.45) is 3.45. The maximum atomic E-state index is 5.41. The fraction of sp³-hybridized carbons (Fsp3) is 0.636. The highest BCUT2D eigenvalue weighted by Crippen LogP contribution is 2.38. The van der Waals surface area contributed by atoms with E-state index in [1.807, 2.05) is 11.8 Å². The second-order valence-electron chi connectivity index (χ2n) is 4.19. The Morgan fingerprint density at radius 2 is 2.44 bits per heavy atom. The van der Waals surface area contributed by atoms with Crippen LogP contribution in [-0.2, 0) is 17.8 Å². The van der Waals surface area contributed by atoms with Crippen LogP contribution in [0.15, 0.2) is 0 Å². The largest absolute Gasteiger partial charge is 0.376 e. The van der Waals surface area contributed by atoms with Gasteiger partial charge in [-0.2, -0.15) is 11.8 Å². The van der Waals surface area contributed by atoms with E-state index in [9.17, 15) is 0 Å². The van der Waals surface area contributed by atoms with E-state index in [0.29, 0.717) is 11.9 Å². The lowest BCUT2D eigenvalue weighted by atomic mass is 10.1. The van der Waals surface area contributed by atoms with Crippen molar-refractivity contribution in [3.8, 4) is 0 Å². The summed E-state index contributed by atoms with van der Waals surface area (Å²) in [6.45, 7) is 1.41. The third-order valence-electron chi connectivity index (χ3n) is 3.10. The van der Waals surface area contributed by atoms with Crippen LogP contribution in [0.25, 0.3) is 0 Å². The first kappa shape index (κ1) is 10.7. The summed E-state index contributed by atoms with van der Waals surface area (Å²) in [5.41, 5.74) is 2.33. The van der Waals surface area contributed by atoms with Crippen molar-refractivity contribution in [3.05, 3.63) is 21.7 Å². The van der Waals surface area contributed by atoms with Gasteiger partial charge in [0.1, 0.15) is 10.5 Å². The van der Waals surface area contributed by atoms with E-state index in [1.54, 1.807) is 0 Å². The van der Waals surface area contributed by atoms with Crippen molar-refractivity contribution < 1.29 is 4.74 Å². The number of H-pyrrole nitrogens is 1. The molecule has 0 radical (unpaired) electrons. The lowest BCUT2D eigenvalue weighted by Crippen LogP contribution is -2.15. The first-order valence-electron chi connectivity index (χ1n) is 5.66. The van der Waals surface area contributed by atoms with E-state index in [0.717, 1.165) is 29.1 Å². The topological polar surface area (TPSA) is 37.9 Å². The molecule has 0 amide bonds. The van der Waals surface area contributed by atoms with Crippen LogP contribution in [0.3, 0.4) is 0 Å². The zero-order valence-electron chi connectivity index (χ0n) is 8.99. The Bertz CT molecular complexity index is 452. The van der Waals surface area contributed by atoms with Gasteiger partial charge >= 0.3 is 0 Å². The summed E-state index contributed by atoms with van der Waals surface area (Å²) in [4.78, 5) is 8.00.